The molecule has 18 heavy (non-hydrogen) atoms. The summed E-state index contributed by atoms with van der Waals surface area (Å²) in [6.07, 6.45) is 1.98. The fourth-order valence-electron chi connectivity index (χ4n) is 1.57. The Morgan fingerprint density at radius 2 is 2.06 bits per heavy atom. The monoisotopic (exact) mass is 282 g/mol. The smallest absolute Gasteiger partial charge is 0.224 e. The third-order valence-corrected chi connectivity index (χ3v) is 3.64. The van der Waals surface area contributed by atoms with Crippen molar-refractivity contribution in [3.05, 3.63) is 35.9 Å². The quantitative estimate of drug-likeness (QED) is 0.785. The van der Waals surface area contributed by atoms with E-state index in [-0.39, 0.29) is 16.8 Å². The van der Waals surface area contributed by atoms with Crippen LogP contribution < -0.4 is 11.1 Å². The molecule has 0 aliphatic heterocycles. The van der Waals surface area contributed by atoms with Crippen molar-refractivity contribution >= 4 is 34.9 Å². The summed E-state index contributed by atoms with van der Waals surface area (Å²) in [5.41, 5.74) is 6.61. The fourth-order valence-corrected chi connectivity index (χ4v) is 2.42. The SMILES string of the molecule is CSCC(C)C(=O)NC(C(N)=S)c1ccccc1. The van der Waals surface area contributed by atoms with Crippen molar-refractivity contribution in [1.82, 2.24) is 5.32 Å². The van der Waals surface area contributed by atoms with Gasteiger partial charge in [-0.1, -0.05) is 49.5 Å². The van der Waals surface area contributed by atoms with Crippen molar-refractivity contribution < 1.29 is 4.79 Å². The van der Waals surface area contributed by atoms with Crippen LogP contribution in [0.4, 0.5) is 0 Å². The number of amides is 1. The van der Waals surface area contributed by atoms with E-state index >= 15 is 0 Å². The zero-order valence-corrected chi connectivity index (χ0v) is 12.2. The van der Waals surface area contributed by atoms with Gasteiger partial charge in [0.15, 0.2) is 0 Å². The summed E-state index contributed by atoms with van der Waals surface area (Å²) in [4.78, 5) is 12.3. The van der Waals surface area contributed by atoms with Crippen LogP contribution in [0.15, 0.2) is 30.3 Å². The normalized spacial score (nSPS) is 13.7. The van der Waals surface area contributed by atoms with Crippen molar-refractivity contribution in [2.24, 2.45) is 11.7 Å². The van der Waals surface area contributed by atoms with Crippen LogP contribution in [-0.4, -0.2) is 22.9 Å². The van der Waals surface area contributed by atoms with Crippen LogP contribution in [-0.2, 0) is 4.79 Å². The number of carbonyl (C=O) groups excluding carboxylic acids is 1. The predicted octanol–water partition coefficient (Wildman–Crippen LogP) is 2.13. The van der Waals surface area contributed by atoms with Crippen LogP contribution in [0, 0.1) is 5.92 Å². The molecule has 3 N–H and O–H groups in total. The molecular weight excluding hydrogens is 264 g/mol. The molecule has 0 spiro atoms. The van der Waals surface area contributed by atoms with E-state index in [1.807, 2.05) is 43.5 Å². The average Bonchev–Trinajstić information content (AvgIpc) is 2.36. The van der Waals surface area contributed by atoms with E-state index in [4.69, 9.17) is 18.0 Å². The number of carbonyl (C=O) groups is 1. The number of nitrogens with two attached hydrogens (primary N) is 1. The lowest BCUT2D eigenvalue weighted by molar-refractivity contribution is -0.124. The van der Waals surface area contributed by atoms with E-state index in [1.54, 1.807) is 11.8 Å². The van der Waals surface area contributed by atoms with E-state index in [1.165, 1.54) is 0 Å². The summed E-state index contributed by atoms with van der Waals surface area (Å²) in [6, 6.07) is 9.14. The molecule has 1 rings (SSSR count). The average molecular weight is 282 g/mol. The van der Waals surface area contributed by atoms with Gasteiger partial charge in [-0.05, 0) is 11.8 Å². The third-order valence-electron chi connectivity index (χ3n) is 2.57. The highest BCUT2D eigenvalue weighted by Gasteiger charge is 2.20. The molecule has 98 valence electrons. The number of hydrogen-bond acceptors (Lipinski definition) is 3. The Hall–Kier alpha value is -1.07. The molecule has 1 aromatic carbocycles. The van der Waals surface area contributed by atoms with E-state index in [2.05, 4.69) is 5.32 Å². The molecule has 0 fully saturated rings. The highest BCUT2D eigenvalue weighted by Crippen LogP contribution is 2.14. The molecule has 2 atom stereocenters. The first-order valence-corrected chi connectivity index (χ1v) is 7.50. The zero-order chi connectivity index (χ0) is 13.5. The third kappa shape index (κ3) is 4.31. The molecule has 0 heterocycles. The van der Waals surface area contributed by atoms with Gasteiger partial charge in [0.25, 0.3) is 0 Å². The van der Waals surface area contributed by atoms with Crippen LogP contribution in [0.1, 0.15) is 18.5 Å². The van der Waals surface area contributed by atoms with E-state index in [9.17, 15) is 4.79 Å². The van der Waals surface area contributed by atoms with Crippen molar-refractivity contribution in [3.63, 3.8) is 0 Å². The Kier molecular flexibility index (Phi) is 6.15. The Morgan fingerprint density at radius 1 is 1.44 bits per heavy atom. The molecule has 1 amide bonds. The van der Waals surface area contributed by atoms with Gasteiger partial charge in [-0.25, -0.2) is 0 Å². The fraction of sp³-hybridized carbons (Fsp3) is 0.385. The lowest BCUT2D eigenvalue weighted by atomic mass is 10.1. The summed E-state index contributed by atoms with van der Waals surface area (Å²) < 4.78 is 0. The Morgan fingerprint density at radius 3 is 2.56 bits per heavy atom. The number of rotatable bonds is 6. The second-order valence-corrected chi connectivity index (χ2v) is 5.49. The van der Waals surface area contributed by atoms with Crippen LogP contribution in [0.5, 0.6) is 0 Å². The number of thiocarbonyl (C=S) groups is 1. The summed E-state index contributed by atoms with van der Waals surface area (Å²) in [5, 5.41) is 2.90. The summed E-state index contributed by atoms with van der Waals surface area (Å²) in [7, 11) is 0. The highest BCUT2D eigenvalue weighted by atomic mass is 32.2. The molecule has 0 saturated carbocycles. The largest absolute Gasteiger partial charge is 0.391 e. The molecule has 0 bridgehead atoms. The van der Waals surface area contributed by atoms with E-state index < -0.39 is 6.04 Å². The number of benzene rings is 1. The van der Waals surface area contributed by atoms with Crippen LogP contribution >= 0.6 is 24.0 Å². The zero-order valence-electron chi connectivity index (χ0n) is 10.6. The first kappa shape index (κ1) is 15.0. The molecule has 1 aromatic rings. The first-order valence-electron chi connectivity index (χ1n) is 5.69. The van der Waals surface area contributed by atoms with Gasteiger partial charge in [-0.15, -0.1) is 0 Å². The molecule has 0 radical (unpaired) electrons. The number of nitrogens with one attached hydrogen (secondary N) is 1. The van der Waals surface area contributed by atoms with Crippen LogP contribution in [0.3, 0.4) is 0 Å². The molecule has 0 aromatic heterocycles. The maximum absolute atomic E-state index is 12.0. The highest BCUT2D eigenvalue weighted by molar-refractivity contribution is 7.98. The van der Waals surface area contributed by atoms with E-state index in [0.29, 0.717) is 0 Å². The summed E-state index contributed by atoms with van der Waals surface area (Å²) >= 11 is 6.67. The molecule has 5 heteroatoms. The lowest BCUT2D eigenvalue weighted by Crippen LogP contribution is -2.39. The van der Waals surface area contributed by atoms with Crippen LogP contribution in [0.2, 0.25) is 0 Å². The van der Waals surface area contributed by atoms with E-state index in [0.717, 1.165) is 11.3 Å². The molecule has 3 nitrogen and oxygen atoms in total. The first-order chi connectivity index (χ1) is 8.56. The van der Waals surface area contributed by atoms with Gasteiger partial charge in [-0.2, -0.15) is 11.8 Å². The molecule has 2 unspecified atom stereocenters. The summed E-state index contributed by atoms with van der Waals surface area (Å²) in [6.45, 7) is 1.90. The molecule has 0 aliphatic carbocycles. The van der Waals surface area contributed by atoms with Gasteiger partial charge >= 0.3 is 0 Å². The van der Waals surface area contributed by atoms with Crippen molar-refractivity contribution in [1.29, 1.82) is 0 Å². The minimum atomic E-state index is -0.391. The summed E-state index contributed by atoms with van der Waals surface area (Å²) in [5.74, 6) is 0.705. The Bertz CT molecular complexity index is 409. The van der Waals surface area contributed by atoms with Gasteiger partial charge < -0.3 is 11.1 Å². The number of thioether (sulfide) groups is 1. The van der Waals surface area contributed by atoms with Gasteiger partial charge in [0.1, 0.15) is 11.0 Å². The maximum Gasteiger partial charge on any atom is 0.224 e. The topological polar surface area (TPSA) is 55.1 Å². The van der Waals surface area contributed by atoms with Crippen LogP contribution in [0.25, 0.3) is 0 Å². The maximum atomic E-state index is 12.0. The standard InChI is InChI=1S/C13H18N2OS2/c1-9(8-18-2)13(16)15-11(12(14)17)10-6-4-3-5-7-10/h3-7,9,11H,8H2,1-2H3,(H2,14,17)(H,15,16). The van der Waals surface area contributed by atoms with Gasteiger partial charge in [0.2, 0.25) is 5.91 Å². The Labute approximate surface area is 118 Å². The molecule has 0 saturated heterocycles. The Balaban J connectivity index is 2.76. The van der Waals surface area contributed by atoms with Crippen molar-refractivity contribution in [2.45, 2.75) is 13.0 Å². The lowest BCUT2D eigenvalue weighted by Gasteiger charge is -2.20. The van der Waals surface area contributed by atoms with Gasteiger partial charge in [0.05, 0.1) is 0 Å². The number of hydrogen-bond donors (Lipinski definition) is 2. The van der Waals surface area contributed by atoms with Crippen molar-refractivity contribution in [2.75, 3.05) is 12.0 Å². The molecule has 0 aliphatic rings. The second kappa shape index (κ2) is 7.38. The minimum absolute atomic E-state index is 0.0222. The molecular formula is C13H18N2OS2. The second-order valence-electron chi connectivity index (χ2n) is 4.11. The van der Waals surface area contributed by atoms with Crippen molar-refractivity contribution in [3.8, 4) is 0 Å². The predicted molar refractivity (Wildman–Crippen MR) is 81.7 cm³/mol. The van der Waals surface area contributed by atoms with Gasteiger partial charge in [0, 0.05) is 11.7 Å². The minimum Gasteiger partial charge on any atom is -0.391 e. The van der Waals surface area contributed by atoms with Gasteiger partial charge in [-0.3, -0.25) is 4.79 Å².